The van der Waals surface area contributed by atoms with Crippen LogP contribution in [-0.2, 0) is 10.8 Å². The normalized spacial score (nSPS) is 18.8. The zero-order valence-electron chi connectivity index (χ0n) is 9.31. The second kappa shape index (κ2) is 6.33. The Morgan fingerprint density at radius 3 is 2.62 bits per heavy atom. The second-order valence-electron chi connectivity index (χ2n) is 3.92. The summed E-state index contributed by atoms with van der Waals surface area (Å²) in [6.45, 7) is 3.94. The Hall–Kier alpha value is -0.450. The van der Waals surface area contributed by atoms with Crippen molar-refractivity contribution in [2.75, 3.05) is 13.1 Å². The predicted octanol–water partition coefficient (Wildman–Crippen LogP) is 1.67. The van der Waals surface area contributed by atoms with Gasteiger partial charge in [0.15, 0.2) is 0 Å². The number of rotatable bonds is 2. The van der Waals surface area contributed by atoms with Gasteiger partial charge in [0.1, 0.15) is 5.03 Å². The molecule has 1 unspecified atom stereocenters. The largest absolute Gasteiger partial charge is 0.317 e. The van der Waals surface area contributed by atoms with Gasteiger partial charge in [-0.05, 0) is 44.5 Å². The van der Waals surface area contributed by atoms with Crippen LogP contribution in [0.25, 0.3) is 0 Å². The van der Waals surface area contributed by atoms with Crippen molar-refractivity contribution < 1.29 is 4.21 Å². The van der Waals surface area contributed by atoms with E-state index in [0.29, 0.717) is 0 Å². The number of aromatic nitrogens is 1. The van der Waals surface area contributed by atoms with Crippen molar-refractivity contribution in [3.63, 3.8) is 0 Å². The van der Waals surface area contributed by atoms with Crippen LogP contribution in [0.1, 0.15) is 18.4 Å². The van der Waals surface area contributed by atoms with Gasteiger partial charge in [-0.1, -0.05) is 6.07 Å². The first-order valence-corrected chi connectivity index (χ1v) is 6.52. The molecule has 0 bridgehead atoms. The maximum absolute atomic E-state index is 12.1. The second-order valence-corrected chi connectivity index (χ2v) is 5.60. The molecule has 1 atom stereocenters. The van der Waals surface area contributed by atoms with Crippen LogP contribution in [0.15, 0.2) is 23.4 Å². The van der Waals surface area contributed by atoms with Gasteiger partial charge in [0.05, 0.1) is 10.8 Å². The molecule has 0 spiro atoms. The van der Waals surface area contributed by atoms with E-state index in [9.17, 15) is 4.21 Å². The van der Waals surface area contributed by atoms with Crippen molar-refractivity contribution in [1.82, 2.24) is 10.3 Å². The van der Waals surface area contributed by atoms with Crippen molar-refractivity contribution in [3.05, 3.63) is 23.9 Å². The van der Waals surface area contributed by atoms with Crippen LogP contribution >= 0.6 is 12.4 Å². The van der Waals surface area contributed by atoms with Crippen LogP contribution in [0.2, 0.25) is 0 Å². The van der Waals surface area contributed by atoms with E-state index in [1.165, 1.54) is 0 Å². The number of piperidine rings is 1. The molecule has 1 fully saturated rings. The predicted molar refractivity (Wildman–Crippen MR) is 68.5 cm³/mol. The summed E-state index contributed by atoms with van der Waals surface area (Å²) in [5.41, 5.74) is 1.11. The topological polar surface area (TPSA) is 42.0 Å². The smallest absolute Gasteiger partial charge is 0.127 e. The fourth-order valence-electron chi connectivity index (χ4n) is 1.75. The minimum Gasteiger partial charge on any atom is -0.317 e. The first-order valence-electron chi connectivity index (χ1n) is 5.31. The molecule has 0 aliphatic carbocycles. The van der Waals surface area contributed by atoms with E-state index in [1.54, 1.807) is 6.20 Å². The Morgan fingerprint density at radius 2 is 2.06 bits per heavy atom. The Balaban J connectivity index is 0.00000128. The lowest BCUT2D eigenvalue weighted by atomic mass is 10.2. The Morgan fingerprint density at radius 1 is 1.38 bits per heavy atom. The molecule has 1 N–H and O–H groups in total. The zero-order chi connectivity index (χ0) is 10.7. The standard InChI is InChI=1S/C11H16N2OS.ClH/c1-9-2-3-11(13-8-9)15(14)10-4-6-12-7-5-10;/h2-3,8,10,12H,4-7H2,1H3;1H. The van der Waals surface area contributed by atoms with Crippen LogP contribution in [-0.4, -0.2) is 27.5 Å². The lowest BCUT2D eigenvalue weighted by Crippen LogP contribution is -2.33. The molecule has 2 heterocycles. The van der Waals surface area contributed by atoms with Crippen molar-refractivity contribution in [1.29, 1.82) is 0 Å². The van der Waals surface area contributed by atoms with E-state index in [2.05, 4.69) is 10.3 Å². The van der Waals surface area contributed by atoms with Crippen LogP contribution in [0, 0.1) is 6.92 Å². The average molecular weight is 261 g/mol. The van der Waals surface area contributed by atoms with Crippen LogP contribution in [0.4, 0.5) is 0 Å². The summed E-state index contributed by atoms with van der Waals surface area (Å²) in [5.74, 6) is 0. The molecule has 90 valence electrons. The van der Waals surface area contributed by atoms with Crippen LogP contribution < -0.4 is 5.32 Å². The maximum Gasteiger partial charge on any atom is 0.127 e. The molecule has 1 aromatic rings. The van der Waals surface area contributed by atoms with Crippen molar-refractivity contribution >= 4 is 23.2 Å². The number of hydrogen-bond acceptors (Lipinski definition) is 3. The van der Waals surface area contributed by atoms with Gasteiger partial charge in [0.25, 0.3) is 0 Å². The highest BCUT2D eigenvalue weighted by Crippen LogP contribution is 2.16. The van der Waals surface area contributed by atoms with Gasteiger partial charge in [0, 0.05) is 11.4 Å². The highest BCUT2D eigenvalue weighted by molar-refractivity contribution is 7.85. The minimum absolute atomic E-state index is 0. The number of hydrogen-bond donors (Lipinski definition) is 1. The van der Waals surface area contributed by atoms with Gasteiger partial charge in [0.2, 0.25) is 0 Å². The molecule has 0 radical (unpaired) electrons. The number of halogens is 1. The number of aryl methyl sites for hydroxylation is 1. The lowest BCUT2D eigenvalue weighted by Gasteiger charge is -2.21. The van der Waals surface area contributed by atoms with E-state index in [1.807, 2.05) is 19.1 Å². The van der Waals surface area contributed by atoms with Crippen molar-refractivity contribution in [3.8, 4) is 0 Å². The fourth-order valence-corrected chi connectivity index (χ4v) is 3.12. The average Bonchev–Trinajstić information content (AvgIpc) is 2.30. The van der Waals surface area contributed by atoms with Crippen molar-refractivity contribution in [2.45, 2.75) is 30.0 Å². The molecule has 1 aromatic heterocycles. The van der Waals surface area contributed by atoms with Gasteiger partial charge >= 0.3 is 0 Å². The first-order chi connectivity index (χ1) is 7.27. The summed E-state index contributed by atoms with van der Waals surface area (Å²) in [7, 11) is -0.929. The molecular formula is C11H17ClN2OS. The summed E-state index contributed by atoms with van der Waals surface area (Å²) in [6, 6.07) is 3.86. The van der Waals surface area contributed by atoms with Gasteiger partial charge in [-0.25, -0.2) is 4.98 Å². The van der Waals surface area contributed by atoms with Crippen LogP contribution in [0.3, 0.4) is 0 Å². The van der Waals surface area contributed by atoms with E-state index in [4.69, 9.17) is 0 Å². The van der Waals surface area contributed by atoms with Crippen molar-refractivity contribution in [2.24, 2.45) is 0 Å². The maximum atomic E-state index is 12.1. The Labute approximate surface area is 105 Å². The van der Waals surface area contributed by atoms with E-state index >= 15 is 0 Å². The van der Waals surface area contributed by atoms with Crippen LogP contribution in [0.5, 0.6) is 0 Å². The number of nitrogens with one attached hydrogen (secondary N) is 1. The Bertz CT molecular complexity index is 350. The summed E-state index contributed by atoms with van der Waals surface area (Å²) in [4.78, 5) is 4.23. The third kappa shape index (κ3) is 3.27. The van der Waals surface area contributed by atoms with E-state index in [-0.39, 0.29) is 17.7 Å². The zero-order valence-corrected chi connectivity index (χ0v) is 10.9. The fraction of sp³-hybridized carbons (Fsp3) is 0.545. The van der Waals surface area contributed by atoms with Gasteiger partial charge in [-0.3, -0.25) is 4.21 Å². The summed E-state index contributed by atoms with van der Waals surface area (Å²) in [5, 5.41) is 4.28. The van der Waals surface area contributed by atoms with E-state index < -0.39 is 10.8 Å². The molecule has 1 saturated heterocycles. The molecule has 1 aliphatic rings. The number of pyridine rings is 1. The third-order valence-electron chi connectivity index (χ3n) is 2.68. The quantitative estimate of drug-likeness (QED) is 0.880. The molecule has 5 heteroatoms. The molecule has 0 amide bonds. The molecule has 3 nitrogen and oxygen atoms in total. The van der Waals surface area contributed by atoms with E-state index in [0.717, 1.165) is 36.5 Å². The Kier molecular flexibility index (Phi) is 5.38. The SMILES string of the molecule is Cc1ccc(S(=O)C2CCNCC2)nc1.Cl. The minimum atomic E-state index is -0.929. The summed E-state index contributed by atoms with van der Waals surface area (Å²) < 4.78 is 12.1. The molecule has 1 aliphatic heterocycles. The molecule has 0 saturated carbocycles. The number of nitrogens with zero attached hydrogens (tertiary/aromatic N) is 1. The summed E-state index contributed by atoms with van der Waals surface area (Å²) in [6.07, 6.45) is 3.76. The first kappa shape index (κ1) is 13.6. The van der Waals surface area contributed by atoms with Gasteiger partial charge in [-0.2, -0.15) is 0 Å². The molecule has 2 rings (SSSR count). The third-order valence-corrected chi connectivity index (χ3v) is 4.41. The molecule has 16 heavy (non-hydrogen) atoms. The highest BCUT2D eigenvalue weighted by Gasteiger charge is 2.21. The molecule has 0 aromatic carbocycles. The lowest BCUT2D eigenvalue weighted by molar-refractivity contribution is 0.519. The molecular weight excluding hydrogens is 244 g/mol. The van der Waals surface area contributed by atoms with Gasteiger partial charge in [-0.15, -0.1) is 12.4 Å². The van der Waals surface area contributed by atoms with Gasteiger partial charge < -0.3 is 5.32 Å². The monoisotopic (exact) mass is 260 g/mol. The summed E-state index contributed by atoms with van der Waals surface area (Å²) >= 11 is 0. The highest BCUT2D eigenvalue weighted by atomic mass is 35.5.